The van der Waals surface area contributed by atoms with Crippen molar-refractivity contribution < 1.29 is 4.39 Å². The Kier molecular flexibility index (Phi) is 3.15. The summed E-state index contributed by atoms with van der Waals surface area (Å²) in [7, 11) is 0. The van der Waals surface area contributed by atoms with Gasteiger partial charge in [0.05, 0.1) is 5.69 Å². The minimum absolute atomic E-state index is 0.267. The van der Waals surface area contributed by atoms with Crippen LogP contribution in [0.5, 0.6) is 0 Å². The van der Waals surface area contributed by atoms with Crippen molar-refractivity contribution in [1.82, 2.24) is 9.97 Å². The summed E-state index contributed by atoms with van der Waals surface area (Å²) < 4.78 is 13.5. The highest BCUT2D eigenvalue weighted by Gasteiger charge is 2.04. The molecule has 17 heavy (non-hydrogen) atoms. The Labute approximate surface area is 97.9 Å². The average Bonchev–Trinajstić information content (AvgIpc) is 2.34. The van der Waals surface area contributed by atoms with E-state index in [2.05, 4.69) is 20.7 Å². The van der Waals surface area contributed by atoms with Crippen molar-refractivity contribution in [1.29, 1.82) is 0 Å². The lowest BCUT2D eigenvalue weighted by atomic mass is 10.2. The molecule has 1 aromatic carbocycles. The normalized spacial score (nSPS) is 10.1. The fraction of sp³-hybridized carbons (Fsp3) is 0.0909. The van der Waals surface area contributed by atoms with Crippen LogP contribution in [-0.4, -0.2) is 9.97 Å². The number of rotatable bonds is 3. The molecule has 0 aliphatic carbocycles. The second kappa shape index (κ2) is 4.75. The van der Waals surface area contributed by atoms with Gasteiger partial charge >= 0.3 is 0 Å². The molecule has 0 bridgehead atoms. The second-order valence-corrected chi connectivity index (χ2v) is 3.52. The molecule has 5 nitrogen and oxygen atoms in total. The summed E-state index contributed by atoms with van der Waals surface area (Å²) in [5.74, 6) is 5.59. The largest absolute Gasteiger partial charge is 0.338 e. The zero-order chi connectivity index (χ0) is 12.3. The number of hydrogen-bond donors (Lipinski definition) is 3. The van der Waals surface area contributed by atoms with Gasteiger partial charge in [-0.3, -0.25) is 5.43 Å². The van der Waals surface area contributed by atoms with Gasteiger partial charge in [-0.1, -0.05) is 6.07 Å². The topological polar surface area (TPSA) is 75.9 Å². The van der Waals surface area contributed by atoms with Crippen LogP contribution in [0.4, 0.5) is 21.8 Å². The lowest BCUT2D eigenvalue weighted by molar-refractivity contribution is 0.631. The first-order valence-electron chi connectivity index (χ1n) is 5.02. The molecule has 88 valence electrons. The minimum atomic E-state index is -0.337. The predicted octanol–water partition coefficient (Wildman–Crippen LogP) is 1.95. The summed E-state index contributed by atoms with van der Waals surface area (Å²) in [6.45, 7) is 1.89. The fourth-order valence-electron chi connectivity index (χ4n) is 1.37. The smallest absolute Gasteiger partial charge is 0.239 e. The lowest BCUT2D eigenvalue weighted by Gasteiger charge is -2.08. The predicted molar refractivity (Wildman–Crippen MR) is 64.3 cm³/mol. The Morgan fingerprint density at radius 2 is 2.12 bits per heavy atom. The SMILES string of the molecule is Cc1ccc(F)c(Nc2ccnc(NN)n2)c1. The summed E-state index contributed by atoms with van der Waals surface area (Å²) in [6.07, 6.45) is 1.53. The summed E-state index contributed by atoms with van der Waals surface area (Å²) in [5.41, 5.74) is 3.65. The highest BCUT2D eigenvalue weighted by atomic mass is 19.1. The molecule has 1 aromatic heterocycles. The maximum atomic E-state index is 13.5. The van der Waals surface area contributed by atoms with E-state index in [1.165, 1.54) is 12.3 Å². The molecular formula is C11H12FN5. The van der Waals surface area contributed by atoms with Crippen molar-refractivity contribution in [3.8, 4) is 0 Å². The van der Waals surface area contributed by atoms with Crippen molar-refractivity contribution in [2.24, 2.45) is 5.84 Å². The van der Waals surface area contributed by atoms with Gasteiger partial charge in [-0.15, -0.1) is 0 Å². The number of nitrogens with two attached hydrogens (primary N) is 1. The summed E-state index contributed by atoms with van der Waals surface area (Å²) in [6, 6.07) is 6.43. The van der Waals surface area contributed by atoms with E-state index in [9.17, 15) is 4.39 Å². The minimum Gasteiger partial charge on any atom is -0.338 e. The molecule has 0 aliphatic rings. The standard InChI is InChI=1S/C11H12FN5/c1-7-2-3-8(12)9(6-7)15-10-4-5-14-11(16-10)17-13/h2-6H,13H2,1H3,(H2,14,15,16,17). The van der Waals surface area contributed by atoms with Crippen LogP contribution in [0.25, 0.3) is 0 Å². The molecular weight excluding hydrogens is 221 g/mol. The van der Waals surface area contributed by atoms with Gasteiger partial charge in [-0.25, -0.2) is 15.2 Å². The molecule has 0 saturated carbocycles. The molecule has 6 heteroatoms. The van der Waals surface area contributed by atoms with Crippen LogP contribution in [-0.2, 0) is 0 Å². The van der Waals surface area contributed by atoms with Gasteiger partial charge in [0.1, 0.15) is 11.6 Å². The third-order valence-electron chi connectivity index (χ3n) is 2.17. The molecule has 0 unspecified atom stereocenters. The number of benzene rings is 1. The number of hydrogen-bond acceptors (Lipinski definition) is 5. The molecule has 0 radical (unpaired) electrons. The number of halogens is 1. The van der Waals surface area contributed by atoms with E-state index >= 15 is 0 Å². The van der Waals surface area contributed by atoms with Crippen molar-refractivity contribution >= 4 is 17.5 Å². The van der Waals surface area contributed by atoms with Gasteiger partial charge in [0.15, 0.2) is 0 Å². The Morgan fingerprint density at radius 3 is 2.88 bits per heavy atom. The lowest BCUT2D eigenvalue weighted by Crippen LogP contribution is -2.11. The van der Waals surface area contributed by atoms with Crippen LogP contribution >= 0.6 is 0 Å². The molecule has 1 heterocycles. The molecule has 0 amide bonds. The molecule has 2 aromatic rings. The molecule has 0 spiro atoms. The number of aromatic nitrogens is 2. The Morgan fingerprint density at radius 1 is 1.29 bits per heavy atom. The number of anilines is 3. The van der Waals surface area contributed by atoms with E-state index in [4.69, 9.17) is 5.84 Å². The molecule has 0 saturated heterocycles. The molecule has 0 fully saturated rings. The number of nitrogens with zero attached hydrogens (tertiary/aromatic N) is 2. The Hall–Kier alpha value is -2.21. The number of nitrogens with one attached hydrogen (secondary N) is 2. The summed E-state index contributed by atoms with van der Waals surface area (Å²) in [4.78, 5) is 7.89. The van der Waals surface area contributed by atoms with Gasteiger partial charge < -0.3 is 5.32 Å². The average molecular weight is 233 g/mol. The number of nitrogen functional groups attached to an aromatic ring is 1. The van der Waals surface area contributed by atoms with E-state index in [0.717, 1.165) is 5.56 Å². The Bertz CT molecular complexity index is 529. The van der Waals surface area contributed by atoms with Crippen LogP contribution in [0.3, 0.4) is 0 Å². The third kappa shape index (κ3) is 2.67. The van der Waals surface area contributed by atoms with Crippen LogP contribution in [0.15, 0.2) is 30.5 Å². The molecule has 0 atom stereocenters. The maximum absolute atomic E-state index is 13.5. The van der Waals surface area contributed by atoms with E-state index in [-0.39, 0.29) is 11.8 Å². The van der Waals surface area contributed by atoms with Gasteiger partial charge in [0, 0.05) is 6.20 Å². The summed E-state index contributed by atoms with van der Waals surface area (Å²) >= 11 is 0. The second-order valence-electron chi connectivity index (χ2n) is 3.52. The molecule has 2 rings (SSSR count). The third-order valence-corrected chi connectivity index (χ3v) is 2.17. The van der Waals surface area contributed by atoms with Crippen molar-refractivity contribution in [2.45, 2.75) is 6.92 Å². The Balaban J connectivity index is 2.27. The molecule has 4 N–H and O–H groups in total. The zero-order valence-corrected chi connectivity index (χ0v) is 9.24. The van der Waals surface area contributed by atoms with Gasteiger partial charge in [0.2, 0.25) is 5.95 Å². The molecule has 0 aliphatic heterocycles. The highest BCUT2D eigenvalue weighted by Crippen LogP contribution is 2.20. The van der Waals surface area contributed by atoms with E-state index in [1.807, 2.05) is 6.92 Å². The van der Waals surface area contributed by atoms with Crippen molar-refractivity contribution in [2.75, 3.05) is 10.7 Å². The van der Waals surface area contributed by atoms with E-state index < -0.39 is 0 Å². The van der Waals surface area contributed by atoms with Crippen LogP contribution in [0.1, 0.15) is 5.56 Å². The maximum Gasteiger partial charge on any atom is 0.239 e. The first-order chi connectivity index (χ1) is 8.19. The van der Waals surface area contributed by atoms with Crippen LogP contribution in [0, 0.1) is 12.7 Å². The summed E-state index contributed by atoms with van der Waals surface area (Å²) in [5, 5.41) is 2.87. The van der Waals surface area contributed by atoms with Crippen molar-refractivity contribution in [3.63, 3.8) is 0 Å². The van der Waals surface area contributed by atoms with Gasteiger partial charge in [0.25, 0.3) is 0 Å². The van der Waals surface area contributed by atoms with E-state index in [1.54, 1.807) is 18.2 Å². The fourth-order valence-corrected chi connectivity index (χ4v) is 1.37. The van der Waals surface area contributed by atoms with Crippen molar-refractivity contribution in [3.05, 3.63) is 41.8 Å². The highest BCUT2D eigenvalue weighted by molar-refractivity contribution is 5.58. The first-order valence-corrected chi connectivity index (χ1v) is 5.02. The number of aryl methyl sites for hydroxylation is 1. The van der Waals surface area contributed by atoms with Gasteiger partial charge in [-0.05, 0) is 30.7 Å². The quantitative estimate of drug-likeness (QED) is 0.558. The van der Waals surface area contributed by atoms with E-state index in [0.29, 0.717) is 11.5 Å². The first kappa shape index (κ1) is 11.3. The van der Waals surface area contributed by atoms with Crippen LogP contribution < -0.4 is 16.6 Å². The zero-order valence-electron chi connectivity index (χ0n) is 9.24. The van der Waals surface area contributed by atoms with Crippen LogP contribution in [0.2, 0.25) is 0 Å². The monoisotopic (exact) mass is 233 g/mol. The number of hydrazine groups is 1. The van der Waals surface area contributed by atoms with Gasteiger partial charge in [-0.2, -0.15) is 4.98 Å².